The van der Waals surface area contributed by atoms with E-state index in [9.17, 15) is 14.7 Å². The number of pyridine rings is 2. The SMILES string of the molecule is COC(=O)c1nc(Br)c2c(cc(-c3ccccc3)c(=O)n2CC2CCCC2)c1O. The van der Waals surface area contributed by atoms with Gasteiger partial charge in [-0.2, -0.15) is 0 Å². The molecule has 0 saturated heterocycles. The number of fused-ring (bicyclic) bond motifs is 1. The van der Waals surface area contributed by atoms with E-state index in [0.29, 0.717) is 33.5 Å². The van der Waals surface area contributed by atoms with Gasteiger partial charge in [0.2, 0.25) is 0 Å². The van der Waals surface area contributed by atoms with Crippen molar-refractivity contribution in [3.8, 4) is 16.9 Å². The lowest BCUT2D eigenvalue weighted by Crippen LogP contribution is -2.26. The highest BCUT2D eigenvalue weighted by molar-refractivity contribution is 9.10. The Morgan fingerprint density at radius 2 is 1.97 bits per heavy atom. The van der Waals surface area contributed by atoms with E-state index in [4.69, 9.17) is 4.74 Å². The quantitative estimate of drug-likeness (QED) is 0.461. The Morgan fingerprint density at radius 3 is 2.62 bits per heavy atom. The Kier molecular flexibility index (Phi) is 5.41. The predicted octanol–water partition coefficient (Wildman–Crippen LogP) is 4.51. The van der Waals surface area contributed by atoms with Crippen LogP contribution in [0, 0.1) is 5.92 Å². The van der Waals surface area contributed by atoms with E-state index in [0.717, 1.165) is 31.2 Å². The summed E-state index contributed by atoms with van der Waals surface area (Å²) in [7, 11) is 1.23. The summed E-state index contributed by atoms with van der Waals surface area (Å²) in [4.78, 5) is 29.7. The van der Waals surface area contributed by atoms with Crippen molar-refractivity contribution in [3.63, 3.8) is 0 Å². The van der Waals surface area contributed by atoms with Crippen molar-refractivity contribution in [2.45, 2.75) is 32.2 Å². The second kappa shape index (κ2) is 7.99. The van der Waals surface area contributed by atoms with Gasteiger partial charge in [0.25, 0.3) is 5.56 Å². The van der Waals surface area contributed by atoms with Crippen molar-refractivity contribution in [3.05, 3.63) is 57.0 Å². The largest absolute Gasteiger partial charge is 0.505 e. The summed E-state index contributed by atoms with van der Waals surface area (Å²) in [6.45, 7) is 0.549. The number of aromatic nitrogens is 2. The van der Waals surface area contributed by atoms with Gasteiger partial charge in [0.05, 0.1) is 12.6 Å². The van der Waals surface area contributed by atoms with Gasteiger partial charge in [0.1, 0.15) is 4.60 Å². The minimum atomic E-state index is -0.736. The molecule has 1 fully saturated rings. The number of esters is 1. The number of methoxy groups -OCH3 is 1. The molecule has 1 aromatic carbocycles. The van der Waals surface area contributed by atoms with Crippen LogP contribution in [0.1, 0.15) is 36.2 Å². The first-order chi connectivity index (χ1) is 14.0. The first-order valence-corrected chi connectivity index (χ1v) is 10.4. The molecule has 1 aliphatic carbocycles. The van der Waals surface area contributed by atoms with Crippen molar-refractivity contribution in [1.82, 2.24) is 9.55 Å². The number of carbonyl (C=O) groups excluding carboxylic acids is 1. The van der Waals surface area contributed by atoms with Crippen LogP contribution >= 0.6 is 15.9 Å². The number of benzene rings is 1. The molecular formula is C22H21BrN2O4. The molecule has 1 saturated carbocycles. The Bertz CT molecular complexity index is 1140. The van der Waals surface area contributed by atoms with Crippen LogP contribution in [0.3, 0.4) is 0 Å². The predicted molar refractivity (Wildman–Crippen MR) is 114 cm³/mol. The van der Waals surface area contributed by atoms with E-state index in [-0.39, 0.29) is 17.0 Å². The fourth-order valence-corrected chi connectivity index (χ4v) is 4.70. The van der Waals surface area contributed by atoms with Crippen LogP contribution in [0.5, 0.6) is 5.75 Å². The van der Waals surface area contributed by atoms with Gasteiger partial charge >= 0.3 is 5.97 Å². The summed E-state index contributed by atoms with van der Waals surface area (Å²) in [5.41, 5.74) is 1.40. The van der Waals surface area contributed by atoms with E-state index < -0.39 is 5.97 Å². The smallest absolute Gasteiger partial charge is 0.360 e. The van der Waals surface area contributed by atoms with E-state index in [1.165, 1.54) is 7.11 Å². The van der Waals surface area contributed by atoms with Gasteiger partial charge in [0, 0.05) is 17.5 Å². The Balaban J connectivity index is 2.04. The third-order valence-corrected chi connectivity index (χ3v) is 6.11. The Labute approximate surface area is 176 Å². The molecule has 7 heteroatoms. The molecule has 0 radical (unpaired) electrons. The van der Waals surface area contributed by atoms with Crippen molar-refractivity contribution in [2.24, 2.45) is 5.92 Å². The van der Waals surface area contributed by atoms with Gasteiger partial charge in [-0.05, 0) is 46.3 Å². The fraction of sp³-hybridized carbons (Fsp3) is 0.318. The number of ether oxygens (including phenoxy) is 1. The van der Waals surface area contributed by atoms with Crippen LogP contribution in [0.15, 0.2) is 45.8 Å². The first kappa shape index (κ1) is 19.6. The molecule has 2 aromatic heterocycles. The van der Waals surface area contributed by atoms with Crippen molar-refractivity contribution >= 4 is 32.8 Å². The zero-order valence-electron chi connectivity index (χ0n) is 16.0. The monoisotopic (exact) mass is 456 g/mol. The lowest BCUT2D eigenvalue weighted by Gasteiger charge is -2.18. The molecule has 150 valence electrons. The Morgan fingerprint density at radius 1 is 1.28 bits per heavy atom. The molecular weight excluding hydrogens is 436 g/mol. The summed E-state index contributed by atoms with van der Waals surface area (Å²) in [6, 6.07) is 11.0. The molecule has 0 atom stereocenters. The lowest BCUT2D eigenvalue weighted by molar-refractivity contribution is 0.0590. The van der Waals surface area contributed by atoms with Gasteiger partial charge < -0.3 is 14.4 Å². The van der Waals surface area contributed by atoms with Gasteiger partial charge in [-0.15, -0.1) is 0 Å². The van der Waals surface area contributed by atoms with Crippen LogP contribution in [-0.4, -0.2) is 27.7 Å². The van der Waals surface area contributed by atoms with Gasteiger partial charge in [-0.3, -0.25) is 4.79 Å². The average molecular weight is 457 g/mol. The molecule has 1 N–H and O–H groups in total. The van der Waals surface area contributed by atoms with E-state index in [1.807, 2.05) is 30.3 Å². The molecule has 0 aliphatic heterocycles. The summed E-state index contributed by atoms with van der Waals surface area (Å²) < 4.78 is 6.77. The minimum absolute atomic E-state index is 0.136. The fourth-order valence-electron chi connectivity index (χ4n) is 4.09. The number of hydrogen-bond acceptors (Lipinski definition) is 5. The summed E-state index contributed by atoms with van der Waals surface area (Å²) in [5, 5.41) is 11.2. The number of carbonyl (C=O) groups is 1. The molecule has 0 amide bonds. The number of rotatable bonds is 4. The first-order valence-electron chi connectivity index (χ1n) is 9.61. The normalized spacial score (nSPS) is 14.4. The molecule has 3 aromatic rings. The van der Waals surface area contributed by atoms with E-state index in [1.54, 1.807) is 10.6 Å². The molecule has 0 bridgehead atoms. The Hall–Kier alpha value is -2.67. The van der Waals surface area contributed by atoms with Crippen LogP contribution in [0.4, 0.5) is 0 Å². The minimum Gasteiger partial charge on any atom is -0.505 e. The van der Waals surface area contributed by atoms with Gasteiger partial charge in [0.15, 0.2) is 11.4 Å². The molecule has 6 nitrogen and oxygen atoms in total. The molecule has 29 heavy (non-hydrogen) atoms. The number of aromatic hydroxyl groups is 1. The molecule has 0 spiro atoms. The average Bonchev–Trinajstić information content (AvgIpc) is 3.25. The topological polar surface area (TPSA) is 81.4 Å². The summed E-state index contributed by atoms with van der Waals surface area (Å²) >= 11 is 3.40. The van der Waals surface area contributed by atoms with Crippen molar-refractivity contribution < 1.29 is 14.6 Å². The summed E-state index contributed by atoms with van der Waals surface area (Å²) in [6.07, 6.45) is 4.46. The van der Waals surface area contributed by atoms with Crippen molar-refractivity contribution in [1.29, 1.82) is 0 Å². The maximum Gasteiger partial charge on any atom is 0.360 e. The van der Waals surface area contributed by atoms with E-state index in [2.05, 4.69) is 20.9 Å². The molecule has 0 unspecified atom stereocenters. The van der Waals surface area contributed by atoms with Crippen molar-refractivity contribution in [2.75, 3.05) is 7.11 Å². The second-order valence-electron chi connectivity index (χ2n) is 7.34. The lowest BCUT2D eigenvalue weighted by atomic mass is 10.0. The molecule has 1 aliphatic rings. The van der Waals surface area contributed by atoms with Crippen LogP contribution in [0.25, 0.3) is 22.0 Å². The van der Waals surface area contributed by atoms with E-state index >= 15 is 0 Å². The van der Waals surface area contributed by atoms with Crippen LogP contribution in [-0.2, 0) is 11.3 Å². The second-order valence-corrected chi connectivity index (χ2v) is 8.10. The number of halogens is 1. The molecule has 2 heterocycles. The van der Waals surface area contributed by atoms with Crippen LogP contribution < -0.4 is 5.56 Å². The third kappa shape index (κ3) is 3.55. The maximum absolute atomic E-state index is 13.5. The maximum atomic E-state index is 13.5. The number of hydrogen-bond donors (Lipinski definition) is 1. The highest BCUT2D eigenvalue weighted by Gasteiger charge is 2.25. The van der Waals surface area contributed by atoms with Crippen LogP contribution in [0.2, 0.25) is 0 Å². The zero-order valence-corrected chi connectivity index (χ0v) is 17.6. The molecule has 4 rings (SSSR count). The zero-order chi connectivity index (χ0) is 20.5. The van der Waals surface area contributed by atoms with Gasteiger partial charge in [-0.25, -0.2) is 9.78 Å². The highest BCUT2D eigenvalue weighted by Crippen LogP contribution is 2.35. The highest BCUT2D eigenvalue weighted by atomic mass is 79.9. The summed E-state index contributed by atoms with van der Waals surface area (Å²) in [5.74, 6) is -0.622. The van der Waals surface area contributed by atoms with Gasteiger partial charge in [-0.1, -0.05) is 43.2 Å². The number of nitrogens with zero attached hydrogens (tertiary/aromatic N) is 2. The third-order valence-electron chi connectivity index (χ3n) is 5.55. The standard InChI is InChI=1S/C22H21BrN2O4/c1-29-22(28)17-19(26)16-11-15(14-9-3-2-4-10-14)21(27)25(18(16)20(23)24-17)12-13-7-5-6-8-13/h2-4,9-11,13,26H,5-8,12H2,1H3.